The fourth-order valence-corrected chi connectivity index (χ4v) is 4.57. The summed E-state index contributed by atoms with van der Waals surface area (Å²) in [5, 5.41) is 1.50. The van der Waals surface area contributed by atoms with Crippen LogP contribution in [0.1, 0.15) is 24.2 Å². The first kappa shape index (κ1) is 18.1. The molecule has 0 radical (unpaired) electrons. The van der Waals surface area contributed by atoms with Gasteiger partial charge >= 0.3 is 0 Å². The van der Waals surface area contributed by atoms with Crippen molar-refractivity contribution in [2.24, 2.45) is 0 Å². The number of rotatable bonds is 5. The van der Waals surface area contributed by atoms with Gasteiger partial charge in [0.05, 0.1) is 15.4 Å². The van der Waals surface area contributed by atoms with E-state index >= 15 is 0 Å². The summed E-state index contributed by atoms with van der Waals surface area (Å²) in [6, 6.07) is 18.9. The van der Waals surface area contributed by atoms with Gasteiger partial charge in [-0.25, -0.2) is 8.42 Å². The molecule has 26 heavy (non-hydrogen) atoms. The molecule has 3 aromatic rings. The summed E-state index contributed by atoms with van der Waals surface area (Å²) in [5.41, 5.74) is 0.246. The fraction of sp³-hybridized carbons (Fsp3) is 0.190. The van der Waals surface area contributed by atoms with Crippen LogP contribution in [0.3, 0.4) is 0 Å². The zero-order valence-electron chi connectivity index (χ0n) is 14.8. The molecule has 0 N–H and O–H groups in total. The summed E-state index contributed by atoms with van der Waals surface area (Å²) in [6.07, 6.45) is 0. The SMILES string of the molecule is CCN(CC)C(=O)c1c(S(=O)(=O)c2ccccc2)ccc2ccccc12. The van der Waals surface area contributed by atoms with Gasteiger partial charge < -0.3 is 4.90 Å². The van der Waals surface area contributed by atoms with E-state index in [1.807, 2.05) is 32.0 Å². The van der Waals surface area contributed by atoms with Crippen LogP contribution in [0.15, 0.2) is 76.5 Å². The molecule has 0 saturated carbocycles. The van der Waals surface area contributed by atoms with Crippen molar-refractivity contribution in [2.75, 3.05) is 13.1 Å². The fourth-order valence-electron chi connectivity index (χ4n) is 3.09. The number of carbonyl (C=O) groups is 1. The lowest BCUT2D eigenvalue weighted by atomic mass is 10.0. The third-order valence-corrected chi connectivity index (χ3v) is 6.31. The van der Waals surface area contributed by atoms with Gasteiger partial charge in [0, 0.05) is 13.1 Å². The Bertz CT molecular complexity index is 1040. The number of amides is 1. The molecule has 1 amide bonds. The van der Waals surface area contributed by atoms with E-state index in [-0.39, 0.29) is 21.3 Å². The van der Waals surface area contributed by atoms with E-state index < -0.39 is 9.84 Å². The van der Waals surface area contributed by atoms with Crippen molar-refractivity contribution in [3.05, 3.63) is 72.3 Å². The third kappa shape index (κ3) is 3.10. The third-order valence-electron chi connectivity index (χ3n) is 4.50. The number of sulfone groups is 1. The minimum atomic E-state index is -3.80. The molecule has 3 rings (SSSR count). The molecule has 3 aromatic carbocycles. The number of fused-ring (bicyclic) bond motifs is 1. The second-order valence-electron chi connectivity index (χ2n) is 5.95. The molecule has 0 saturated heterocycles. The maximum Gasteiger partial charge on any atom is 0.255 e. The van der Waals surface area contributed by atoms with Gasteiger partial charge in [-0.15, -0.1) is 0 Å². The minimum Gasteiger partial charge on any atom is -0.339 e. The summed E-state index contributed by atoms with van der Waals surface area (Å²) >= 11 is 0. The van der Waals surface area contributed by atoms with Crippen LogP contribution in [0, 0.1) is 0 Å². The maximum absolute atomic E-state index is 13.2. The topological polar surface area (TPSA) is 54.5 Å². The minimum absolute atomic E-state index is 0.0549. The molecule has 4 nitrogen and oxygen atoms in total. The Kier molecular flexibility index (Phi) is 5.09. The Labute approximate surface area is 154 Å². The second kappa shape index (κ2) is 7.30. The summed E-state index contributed by atoms with van der Waals surface area (Å²) < 4.78 is 26.5. The van der Waals surface area contributed by atoms with Crippen LogP contribution in [0.25, 0.3) is 10.8 Å². The highest BCUT2D eigenvalue weighted by atomic mass is 32.2. The van der Waals surface area contributed by atoms with Crippen molar-refractivity contribution in [3.8, 4) is 0 Å². The quantitative estimate of drug-likeness (QED) is 0.680. The molecule has 0 heterocycles. The number of benzene rings is 3. The molecular formula is C21H21NO3S. The summed E-state index contributed by atoms with van der Waals surface area (Å²) in [6.45, 7) is 4.81. The van der Waals surface area contributed by atoms with Gasteiger partial charge in [0.1, 0.15) is 0 Å². The summed E-state index contributed by atoms with van der Waals surface area (Å²) in [7, 11) is -3.80. The standard InChI is InChI=1S/C21H21NO3S/c1-3-22(4-2)21(23)20-18-13-9-8-10-16(18)14-15-19(20)26(24,25)17-11-6-5-7-12-17/h5-15H,3-4H2,1-2H3. The molecule has 0 aliphatic rings. The predicted octanol–water partition coefficient (Wildman–Crippen LogP) is 4.15. The van der Waals surface area contributed by atoms with E-state index in [9.17, 15) is 13.2 Å². The summed E-state index contributed by atoms with van der Waals surface area (Å²) in [4.78, 5) is 15.1. The zero-order valence-corrected chi connectivity index (χ0v) is 15.7. The number of carbonyl (C=O) groups excluding carboxylic acids is 1. The van der Waals surface area contributed by atoms with Crippen LogP contribution in [-0.2, 0) is 9.84 Å². The Morgan fingerprint density at radius 1 is 0.846 bits per heavy atom. The first-order chi connectivity index (χ1) is 12.5. The van der Waals surface area contributed by atoms with Crippen LogP contribution < -0.4 is 0 Å². The molecule has 5 heteroatoms. The molecule has 0 fully saturated rings. The van der Waals surface area contributed by atoms with Crippen LogP contribution in [-0.4, -0.2) is 32.3 Å². The maximum atomic E-state index is 13.2. The largest absolute Gasteiger partial charge is 0.339 e. The van der Waals surface area contributed by atoms with E-state index in [2.05, 4.69) is 0 Å². The Morgan fingerprint density at radius 2 is 1.46 bits per heavy atom. The number of hydrogen-bond donors (Lipinski definition) is 0. The first-order valence-corrected chi connectivity index (χ1v) is 10.1. The number of nitrogens with zero attached hydrogens (tertiary/aromatic N) is 1. The molecule has 0 bridgehead atoms. The average Bonchev–Trinajstić information content (AvgIpc) is 2.68. The van der Waals surface area contributed by atoms with Gasteiger partial charge in [0.2, 0.25) is 9.84 Å². The van der Waals surface area contributed by atoms with E-state index in [1.165, 1.54) is 0 Å². The van der Waals surface area contributed by atoms with E-state index in [1.54, 1.807) is 53.4 Å². The molecule has 0 aliphatic heterocycles. The van der Waals surface area contributed by atoms with Crippen molar-refractivity contribution < 1.29 is 13.2 Å². The number of hydrogen-bond acceptors (Lipinski definition) is 3. The van der Waals surface area contributed by atoms with Gasteiger partial charge in [-0.2, -0.15) is 0 Å². The van der Waals surface area contributed by atoms with Crippen LogP contribution in [0.4, 0.5) is 0 Å². The highest BCUT2D eigenvalue weighted by Gasteiger charge is 2.28. The highest BCUT2D eigenvalue weighted by Crippen LogP contribution is 2.31. The second-order valence-corrected chi connectivity index (χ2v) is 7.87. The Morgan fingerprint density at radius 3 is 2.12 bits per heavy atom. The Balaban J connectivity index is 2.33. The molecule has 0 atom stereocenters. The molecular weight excluding hydrogens is 346 g/mol. The van der Waals surface area contributed by atoms with Gasteiger partial charge in [0.25, 0.3) is 5.91 Å². The van der Waals surface area contributed by atoms with Crippen molar-refractivity contribution >= 4 is 26.5 Å². The highest BCUT2D eigenvalue weighted by molar-refractivity contribution is 7.91. The molecule has 0 unspecified atom stereocenters. The molecule has 0 aromatic heterocycles. The average molecular weight is 367 g/mol. The van der Waals surface area contributed by atoms with Crippen molar-refractivity contribution in [3.63, 3.8) is 0 Å². The predicted molar refractivity (Wildman–Crippen MR) is 103 cm³/mol. The monoisotopic (exact) mass is 367 g/mol. The van der Waals surface area contributed by atoms with Crippen molar-refractivity contribution in [2.45, 2.75) is 23.6 Å². The Hall–Kier alpha value is -2.66. The van der Waals surface area contributed by atoms with Crippen LogP contribution in [0.2, 0.25) is 0 Å². The molecule has 0 spiro atoms. The lowest BCUT2D eigenvalue weighted by molar-refractivity contribution is 0.0771. The molecule has 134 valence electrons. The van der Waals surface area contributed by atoms with Crippen LogP contribution in [0.5, 0.6) is 0 Å². The zero-order chi connectivity index (χ0) is 18.7. The van der Waals surface area contributed by atoms with Crippen molar-refractivity contribution in [1.29, 1.82) is 0 Å². The van der Waals surface area contributed by atoms with Gasteiger partial charge in [-0.05, 0) is 42.8 Å². The normalized spacial score (nSPS) is 11.5. The van der Waals surface area contributed by atoms with E-state index in [0.29, 0.717) is 18.5 Å². The molecule has 0 aliphatic carbocycles. The van der Waals surface area contributed by atoms with Gasteiger partial charge in [-0.1, -0.05) is 48.5 Å². The van der Waals surface area contributed by atoms with E-state index in [0.717, 1.165) is 5.39 Å². The van der Waals surface area contributed by atoms with Gasteiger partial charge in [-0.3, -0.25) is 4.79 Å². The van der Waals surface area contributed by atoms with Crippen molar-refractivity contribution in [1.82, 2.24) is 4.90 Å². The lowest BCUT2D eigenvalue weighted by Gasteiger charge is -2.22. The van der Waals surface area contributed by atoms with Gasteiger partial charge in [0.15, 0.2) is 0 Å². The smallest absolute Gasteiger partial charge is 0.255 e. The van der Waals surface area contributed by atoms with E-state index in [4.69, 9.17) is 0 Å². The lowest BCUT2D eigenvalue weighted by Crippen LogP contribution is -2.31. The first-order valence-electron chi connectivity index (χ1n) is 8.61. The summed E-state index contributed by atoms with van der Waals surface area (Å²) in [5.74, 6) is -0.263. The van der Waals surface area contributed by atoms with Crippen LogP contribution >= 0.6 is 0 Å².